The maximum absolute atomic E-state index is 12.6. The Morgan fingerprint density at radius 1 is 1.36 bits per heavy atom. The van der Waals surface area contributed by atoms with Gasteiger partial charge in [-0.05, 0) is 24.1 Å². The first-order valence-corrected chi connectivity index (χ1v) is 4.90. The van der Waals surface area contributed by atoms with E-state index >= 15 is 0 Å². The third-order valence-corrected chi connectivity index (χ3v) is 2.39. The zero-order valence-corrected chi connectivity index (χ0v) is 8.00. The van der Waals surface area contributed by atoms with E-state index < -0.39 is 0 Å². The molecule has 0 amide bonds. The summed E-state index contributed by atoms with van der Waals surface area (Å²) in [5, 5.41) is 3.36. The fraction of sp³-hybridized carbons (Fsp3) is 0.455. The van der Waals surface area contributed by atoms with Crippen LogP contribution in [0.25, 0.3) is 0 Å². The van der Waals surface area contributed by atoms with E-state index in [0.29, 0.717) is 6.04 Å². The van der Waals surface area contributed by atoms with Crippen LogP contribution in [0.2, 0.25) is 0 Å². The zero-order valence-electron chi connectivity index (χ0n) is 8.00. The molecule has 0 aromatic heterocycles. The molecule has 1 fully saturated rings. The monoisotopic (exact) mass is 195 g/mol. The van der Waals surface area contributed by atoms with Crippen LogP contribution in [0.3, 0.4) is 0 Å². The minimum absolute atomic E-state index is 0.179. The largest absolute Gasteiger partial charge is 0.379 e. The Balaban J connectivity index is 1.92. The zero-order chi connectivity index (χ0) is 9.80. The van der Waals surface area contributed by atoms with E-state index in [0.717, 1.165) is 31.7 Å². The summed E-state index contributed by atoms with van der Waals surface area (Å²) in [7, 11) is 0. The van der Waals surface area contributed by atoms with Gasteiger partial charge in [0.1, 0.15) is 5.82 Å². The molecule has 1 aliphatic rings. The van der Waals surface area contributed by atoms with E-state index in [1.165, 1.54) is 12.1 Å². The van der Waals surface area contributed by atoms with Crippen molar-refractivity contribution in [1.82, 2.24) is 5.32 Å². The highest BCUT2D eigenvalue weighted by atomic mass is 19.1. The molecule has 2 rings (SSSR count). The van der Waals surface area contributed by atoms with Crippen LogP contribution < -0.4 is 5.32 Å². The molecule has 3 heteroatoms. The van der Waals surface area contributed by atoms with Crippen LogP contribution in [0.1, 0.15) is 5.56 Å². The Bertz CT molecular complexity index is 280. The van der Waals surface area contributed by atoms with Crippen molar-refractivity contribution < 1.29 is 9.13 Å². The lowest BCUT2D eigenvalue weighted by molar-refractivity contribution is 0.0770. The molecule has 0 bridgehead atoms. The molecule has 76 valence electrons. The second-order valence-electron chi connectivity index (χ2n) is 3.56. The van der Waals surface area contributed by atoms with E-state index in [9.17, 15) is 4.39 Å². The first-order valence-electron chi connectivity index (χ1n) is 4.90. The van der Waals surface area contributed by atoms with Crippen LogP contribution in [0, 0.1) is 5.82 Å². The molecule has 0 spiro atoms. The van der Waals surface area contributed by atoms with E-state index in [1.807, 2.05) is 12.1 Å². The highest BCUT2D eigenvalue weighted by Gasteiger charge is 2.12. The Kier molecular flexibility index (Phi) is 3.11. The minimum Gasteiger partial charge on any atom is -0.379 e. The molecule has 1 saturated heterocycles. The number of morpholine rings is 1. The summed E-state index contributed by atoms with van der Waals surface area (Å²) in [6, 6.07) is 7.02. The summed E-state index contributed by atoms with van der Waals surface area (Å²) < 4.78 is 18.0. The van der Waals surface area contributed by atoms with Crippen molar-refractivity contribution in [2.24, 2.45) is 0 Å². The third-order valence-electron chi connectivity index (χ3n) is 2.39. The first-order chi connectivity index (χ1) is 6.84. The van der Waals surface area contributed by atoms with E-state index in [4.69, 9.17) is 4.74 Å². The van der Waals surface area contributed by atoms with Crippen molar-refractivity contribution in [3.8, 4) is 0 Å². The highest BCUT2D eigenvalue weighted by Crippen LogP contribution is 2.07. The van der Waals surface area contributed by atoms with Crippen molar-refractivity contribution in [3.63, 3.8) is 0 Å². The Morgan fingerprint density at radius 3 is 2.79 bits per heavy atom. The van der Waals surface area contributed by atoms with E-state index in [2.05, 4.69) is 5.32 Å². The van der Waals surface area contributed by atoms with Crippen molar-refractivity contribution in [2.45, 2.75) is 12.5 Å². The quantitative estimate of drug-likeness (QED) is 0.769. The number of halogens is 1. The van der Waals surface area contributed by atoms with Gasteiger partial charge in [-0.1, -0.05) is 12.1 Å². The standard InChI is InChI=1S/C11H14FNO/c12-10-3-1-9(2-4-10)7-11-8-14-6-5-13-11/h1-4,11,13H,5-8H2. The summed E-state index contributed by atoms with van der Waals surface area (Å²) in [6.07, 6.45) is 0.903. The van der Waals surface area contributed by atoms with Crippen LogP contribution in [0.4, 0.5) is 4.39 Å². The second kappa shape index (κ2) is 4.53. The van der Waals surface area contributed by atoms with Crippen LogP contribution in [0.15, 0.2) is 24.3 Å². The van der Waals surface area contributed by atoms with Gasteiger partial charge in [-0.3, -0.25) is 0 Å². The Morgan fingerprint density at radius 2 is 2.14 bits per heavy atom. The molecular formula is C11H14FNO. The number of ether oxygens (including phenoxy) is 1. The highest BCUT2D eigenvalue weighted by molar-refractivity contribution is 5.17. The summed E-state index contributed by atoms with van der Waals surface area (Å²) in [5.74, 6) is -0.179. The number of nitrogens with one attached hydrogen (secondary N) is 1. The number of benzene rings is 1. The predicted molar refractivity (Wildman–Crippen MR) is 52.7 cm³/mol. The van der Waals surface area contributed by atoms with Gasteiger partial charge in [-0.2, -0.15) is 0 Å². The molecule has 0 radical (unpaired) electrons. The Hall–Kier alpha value is -0.930. The van der Waals surface area contributed by atoms with Crippen LogP contribution in [-0.4, -0.2) is 25.8 Å². The molecule has 2 nitrogen and oxygen atoms in total. The minimum atomic E-state index is -0.179. The van der Waals surface area contributed by atoms with Gasteiger partial charge >= 0.3 is 0 Å². The SMILES string of the molecule is Fc1ccc(CC2COCCN2)cc1. The molecule has 1 aromatic rings. The van der Waals surface area contributed by atoms with E-state index in [1.54, 1.807) is 0 Å². The molecule has 1 heterocycles. The van der Waals surface area contributed by atoms with Gasteiger partial charge in [0.15, 0.2) is 0 Å². The summed E-state index contributed by atoms with van der Waals surface area (Å²) in [6.45, 7) is 2.45. The lowest BCUT2D eigenvalue weighted by Crippen LogP contribution is -2.42. The topological polar surface area (TPSA) is 21.3 Å². The summed E-state index contributed by atoms with van der Waals surface area (Å²) in [5.41, 5.74) is 1.15. The molecule has 0 aliphatic carbocycles. The summed E-state index contributed by atoms with van der Waals surface area (Å²) in [4.78, 5) is 0. The molecule has 0 saturated carbocycles. The van der Waals surface area contributed by atoms with Gasteiger partial charge in [-0.25, -0.2) is 4.39 Å². The molecule has 1 N–H and O–H groups in total. The maximum Gasteiger partial charge on any atom is 0.123 e. The van der Waals surface area contributed by atoms with Crippen LogP contribution >= 0.6 is 0 Å². The fourth-order valence-electron chi connectivity index (χ4n) is 1.66. The Labute approximate surface area is 83.1 Å². The first kappa shape index (κ1) is 9.62. The van der Waals surface area contributed by atoms with Crippen molar-refractivity contribution in [2.75, 3.05) is 19.8 Å². The van der Waals surface area contributed by atoms with Gasteiger partial charge < -0.3 is 10.1 Å². The van der Waals surface area contributed by atoms with Crippen LogP contribution in [0.5, 0.6) is 0 Å². The van der Waals surface area contributed by atoms with Crippen molar-refractivity contribution >= 4 is 0 Å². The number of hydrogen-bond donors (Lipinski definition) is 1. The smallest absolute Gasteiger partial charge is 0.123 e. The van der Waals surface area contributed by atoms with Gasteiger partial charge in [0, 0.05) is 12.6 Å². The van der Waals surface area contributed by atoms with Crippen molar-refractivity contribution in [1.29, 1.82) is 0 Å². The van der Waals surface area contributed by atoms with Gasteiger partial charge in [0.25, 0.3) is 0 Å². The second-order valence-corrected chi connectivity index (χ2v) is 3.56. The fourth-order valence-corrected chi connectivity index (χ4v) is 1.66. The third kappa shape index (κ3) is 2.53. The molecular weight excluding hydrogens is 181 g/mol. The van der Waals surface area contributed by atoms with Gasteiger partial charge in [0.2, 0.25) is 0 Å². The molecule has 1 unspecified atom stereocenters. The average Bonchev–Trinajstić information content (AvgIpc) is 2.23. The lowest BCUT2D eigenvalue weighted by Gasteiger charge is -2.23. The van der Waals surface area contributed by atoms with E-state index in [-0.39, 0.29) is 5.82 Å². The molecule has 1 atom stereocenters. The normalized spacial score (nSPS) is 22.2. The number of rotatable bonds is 2. The molecule has 1 aliphatic heterocycles. The predicted octanol–water partition coefficient (Wildman–Crippen LogP) is 1.36. The van der Waals surface area contributed by atoms with Crippen molar-refractivity contribution in [3.05, 3.63) is 35.6 Å². The van der Waals surface area contributed by atoms with Gasteiger partial charge in [0.05, 0.1) is 13.2 Å². The average molecular weight is 195 g/mol. The lowest BCUT2D eigenvalue weighted by atomic mass is 10.1. The maximum atomic E-state index is 12.6. The summed E-state index contributed by atoms with van der Waals surface area (Å²) >= 11 is 0. The molecule has 1 aromatic carbocycles. The molecule has 14 heavy (non-hydrogen) atoms. The van der Waals surface area contributed by atoms with Crippen LogP contribution in [-0.2, 0) is 11.2 Å². The number of hydrogen-bond acceptors (Lipinski definition) is 2. The van der Waals surface area contributed by atoms with Gasteiger partial charge in [-0.15, -0.1) is 0 Å².